The number of aromatic nitrogens is 3. The highest BCUT2D eigenvalue weighted by Gasteiger charge is 2.26. The summed E-state index contributed by atoms with van der Waals surface area (Å²) >= 11 is 2.08. The summed E-state index contributed by atoms with van der Waals surface area (Å²) in [5.74, 6) is 4.53. The Balaban J connectivity index is 1.69. The summed E-state index contributed by atoms with van der Waals surface area (Å²) in [6, 6.07) is 4.69. The van der Waals surface area contributed by atoms with Crippen molar-refractivity contribution in [3.8, 4) is 0 Å². The maximum Gasteiger partial charge on any atom is 0.160 e. The lowest BCUT2D eigenvalue weighted by atomic mass is 10.0. The van der Waals surface area contributed by atoms with Gasteiger partial charge in [-0.05, 0) is 56.7 Å². The van der Waals surface area contributed by atoms with E-state index in [-0.39, 0.29) is 0 Å². The molecule has 0 saturated carbocycles. The van der Waals surface area contributed by atoms with Crippen LogP contribution in [0.15, 0.2) is 18.3 Å². The van der Waals surface area contributed by atoms with Crippen LogP contribution in [-0.2, 0) is 6.42 Å². The SMILES string of the molecule is CN1CCC(Cc2nc3cccnc3n2C2CCCSC2)C1. The second-order valence-corrected chi connectivity index (χ2v) is 7.89. The van der Waals surface area contributed by atoms with E-state index in [1.807, 2.05) is 12.3 Å². The monoisotopic (exact) mass is 316 g/mol. The zero-order chi connectivity index (χ0) is 14.9. The lowest BCUT2D eigenvalue weighted by Crippen LogP contribution is -2.21. The third-order valence-electron chi connectivity index (χ3n) is 4.98. The molecule has 5 heteroatoms. The first kappa shape index (κ1) is 14.5. The Bertz CT molecular complexity index is 647. The van der Waals surface area contributed by atoms with Crippen LogP contribution in [0.25, 0.3) is 11.2 Å². The Labute approximate surface area is 136 Å². The highest BCUT2D eigenvalue weighted by Crippen LogP contribution is 2.32. The first-order valence-electron chi connectivity index (χ1n) is 8.39. The van der Waals surface area contributed by atoms with Crippen LogP contribution >= 0.6 is 11.8 Å². The van der Waals surface area contributed by atoms with Crippen molar-refractivity contribution in [1.82, 2.24) is 19.4 Å². The quantitative estimate of drug-likeness (QED) is 0.872. The van der Waals surface area contributed by atoms with Crippen LogP contribution < -0.4 is 0 Å². The van der Waals surface area contributed by atoms with Crippen LogP contribution in [0.5, 0.6) is 0 Å². The first-order chi connectivity index (χ1) is 10.8. The van der Waals surface area contributed by atoms with E-state index in [1.165, 1.54) is 49.7 Å². The van der Waals surface area contributed by atoms with Crippen molar-refractivity contribution in [2.75, 3.05) is 31.6 Å². The van der Waals surface area contributed by atoms with Gasteiger partial charge in [-0.15, -0.1) is 0 Å². The molecule has 2 aliphatic heterocycles. The minimum absolute atomic E-state index is 0.577. The van der Waals surface area contributed by atoms with E-state index in [1.54, 1.807) is 0 Å². The summed E-state index contributed by atoms with van der Waals surface area (Å²) in [7, 11) is 2.22. The summed E-state index contributed by atoms with van der Waals surface area (Å²) in [5.41, 5.74) is 2.16. The van der Waals surface area contributed by atoms with Crippen LogP contribution in [0.3, 0.4) is 0 Å². The molecule has 2 saturated heterocycles. The van der Waals surface area contributed by atoms with Gasteiger partial charge in [0.15, 0.2) is 5.65 Å². The maximum atomic E-state index is 4.95. The molecule has 0 radical (unpaired) electrons. The molecule has 2 aromatic heterocycles. The highest BCUT2D eigenvalue weighted by molar-refractivity contribution is 7.99. The zero-order valence-electron chi connectivity index (χ0n) is 13.2. The second kappa shape index (κ2) is 6.20. The van der Waals surface area contributed by atoms with Gasteiger partial charge in [-0.1, -0.05) is 0 Å². The van der Waals surface area contributed by atoms with Crippen molar-refractivity contribution < 1.29 is 0 Å². The molecule has 2 unspecified atom stereocenters. The van der Waals surface area contributed by atoms with Gasteiger partial charge >= 0.3 is 0 Å². The number of rotatable bonds is 3. The van der Waals surface area contributed by atoms with Gasteiger partial charge in [0.25, 0.3) is 0 Å². The molecule has 0 amide bonds. The van der Waals surface area contributed by atoms with E-state index in [0.29, 0.717) is 6.04 Å². The Kier molecular flexibility index (Phi) is 4.09. The molecule has 0 bridgehead atoms. The molecule has 22 heavy (non-hydrogen) atoms. The molecule has 2 aliphatic rings. The second-order valence-electron chi connectivity index (χ2n) is 6.74. The molecule has 0 N–H and O–H groups in total. The van der Waals surface area contributed by atoms with Crippen molar-refractivity contribution in [1.29, 1.82) is 0 Å². The van der Waals surface area contributed by atoms with Gasteiger partial charge < -0.3 is 9.47 Å². The van der Waals surface area contributed by atoms with Crippen LogP contribution in [-0.4, -0.2) is 51.1 Å². The number of likely N-dealkylation sites (tertiary alicyclic amines) is 1. The molecule has 0 aromatic carbocycles. The molecule has 4 heterocycles. The molecule has 0 aliphatic carbocycles. The number of hydrogen-bond acceptors (Lipinski definition) is 4. The molecule has 4 rings (SSSR count). The smallest absolute Gasteiger partial charge is 0.160 e. The van der Waals surface area contributed by atoms with Gasteiger partial charge in [0.1, 0.15) is 11.3 Å². The Morgan fingerprint density at radius 1 is 1.36 bits per heavy atom. The van der Waals surface area contributed by atoms with Crippen molar-refractivity contribution in [2.24, 2.45) is 5.92 Å². The Morgan fingerprint density at radius 3 is 3.09 bits per heavy atom. The van der Waals surface area contributed by atoms with E-state index in [2.05, 4.69) is 39.3 Å². The fraction of sp³-hybridized carbons (Fsp3) is 0.647. The molecular weight excluding hydrogens is 292 g/mol. The fourth-order valence-electron chi connectivity index (χ4n) is 3.88. The summed E-state index contributed by atoms with van der Waals surface area (Å²) in [6.07, 6.45) is 6.89. The molecular formula is C17H24N4S. The van der Waals surface area contributed by atoms with Gasteiger partial charge in [-0.2, -0.15) is 11.8 Å². The molecule has 2 fully saturated rings. The van der Waals surface area contributed by atoms with Gasteiger partial charge in [0.05, 0.1) is 0 Å². The highest BCUT2D eigenvalue weighted by atomic mass is 32.2. The predicted octanol–water partition coefficient (Wildman–Crippen LogP) is 2.99. The Morgan fingerprint density at radius 2 is 2.32 bits per heavy atom. The predicted molar refractivity (Wildman–Crippen MR) is 92.4 cm³/mol. The van der Waals surface area contributed by atoms with Crippen LogP contribution in [0, 0.1) is 5.92 Å². The molecule has 4 nitrogen and oxygen atoms in total. The first-order valence-corrected chi connectivity index (χ1v) is 9.55. The average molecular weight is 316 g/mol. The summed E-state index contributed by atoms with van der Waals surface area (Å²) in [4.78, 5) is 12.0. The van der Waals surface area contributed by atoms with Gasteiger partial charge in [0, 0.05) is 31.0 Å². The normalized spacial score (nSPS) is 26.8. The zero-order valence-corrected chi connectivity index (χ0v) is 14.1. The number of imidazole rings is 1. The lowest BCUT2D eigenvalue weighted by molar-refractivity contribution is 0.388. The fourth-order valence-corrected chi connectivity index (χ4v) is 5.01. The third kappa shape index (κ3) is 2.76. The summed E-state index contributed by atoms with van der Waals surface area (Å²) < 4.78 is 2.47. The van der Waals surface area contributed by atoms with E-state index in [9.17, 15) is 0 Å². The average Bonchev–Trinajstić information content (AvgIpc) is 3.11. The summed E-state index contributed by atoms with van der Waals surface area (Å²) in [5, 5.41) is 0. The maximum absolute atomic E-state index is 4.95. The van der Waals surface area contributed by atoms with Gasteiger partial charge in [-0.25, -0.2) is 9.97 Å². The van der Waals surface area contributed by atoms with E-state index >= 15 is 0 Å². The topological polar surface area (TPSA) is 34.0 Å². The molecule has 0 spiro atoms. The van der Waals surface area contributed by atoms with E-state index in [0.717, 1.165) is 23.5 Å². The number of hydrogen-bond donors (Lipinski definition) is 0. The molecule has 2 atom stereocenters. The van der Waals surface area contributed by atoms with Crippen molar-refractivity contribution in [2.45, 2.75) is 31.7 Å². The number of thioether (sulfide) groups is 1. The van der Waals surface area contributed by atoms with E-state index in [4.69, 9.17) is 4.98 Å². The lowest BCUT2D eigenvalue weighted by Gasteiger charge is -2.25. The number of pyridine rings is 1. The summed E-state index contributed by atoms with van der Waals surface area (Å²) in [6.45, 7) is 2.43. The van der Waals surface area contributed by atoms with Crippen LogP contribution in [0.1, 0.15) is 31.1 Å². The van der Waals surface area contributed by atoms with E-state index < -0.39 is 0 Å². The van der Waals surface area contributed by atoms with Crippen LogP contribution in [0.2, 0.25) is 0 Å². The largest absolute Gasteiger partial charge is 0.309 e. The minimum atomic E-state index is 0.577. The Hall–Kier alpha value is -1.07. The van der Waals surface area contributed by atoms with Crippen molar-refractivity contribution in [3.05, 3.63) is 24.2 Å². The minimum Gasteiger partial charge on any atom is -0.309 e. The molecule has 118 valence electrons. The number of fused-ring (bicyclic) bond motifs is 1. The van der Waals surface area contributed by atoms with Crippen molar-refractivity contribution in [3.63, 3.8) is 0 Å². The third-order valence-corrected chi connectivity index (χ3v) is 6.18. The molecule has 2 aromatic rings. The van der Waals surface area contributed by atoms with Crippen molar-refractivity contribution >= 4 is 22.9 Å². The standard InChI is InChI=1S/C17H24N4S/c1-20-8-6-13(11-20)10-16-19-15-5-2-7-18-17(15)21(16)14-4-3-9-22-12-14/h2,5,7,13-14H,3-4,6,8-12H2,1H3. The van der Waals surface area contributed by atoms with Gasteiger partial charge in [0.2, 0.25) is 0 Å². The number of nitrogens with zero attached hydrogens (tertiary/aromatic N) is 4. The van der Waals surface area contributed by atoms with Crippen LogP contribution in [0.4, 0.5) is 0 Å². The van der Waals surface area contributed by atoms with Gasteiger partial charge in [-0.3, -0.25) is 0 Å².